The number of carbonyl (C=O) groups excluding carboxylic acids is 4. The number of esters is 4. The minimum atomic E-state index is -1.90. The van der Waals surface area contributed by atoms with Crippen LogP contribution in [0.25, 0.3) is 0 Å². The van der Waals surface area contributed by atoms with Crippen LogP contribution >= 0.6 is 0 Å². The van der Waals surface area contributed by atoms with Crippen LogP contribution in [-0.4, -0.2) is 50.3 Å². The van der Waals surface area contributed by atoms with E-state index in [0.29, 0.717) is 25.7 Å². The Labute approximate surface area is 198 Å². The molecule has 0 aromatic rings. The lowest BCUT2D eigenvalue weighted by Gasteiger charge is -2.29. The molecule has 0 saturated heterocycles. The Morgan fingerprint density at radius 1 is 0.636 bits per heavy atom. The molecule has 2 unspecified atom stereocenters. The van der Waals surface area contributed by atoms with Crippen LogP contribution < -0.4 is 0 Å². The molecule has 1 aliphatic carbocycles. The van der Waals surface area contributed by atoms with Crippen molar-refractivity contribution in [3.05, 3.63) is 0 Å². The molecule has 2 atom stereocenters. The Bertz CT molecular complexity index is 608. The summed E-state index contributed by atoms with van der Waals surface area (Å²) in [7, 11) is 0. The van der Waals surface area contributed by atoms with E-state index in [9.17, 15) is 19.2 Å². The summed E-state index contributed by atoms with van der Waals surface area (Å²) in [5, 5.41) is 0. The molecule has 1 aliphatic rings. The number of carbonyl (C=O) groups is 4. The zero-order valence-electron chi connectivity index (χ0n) is 20.8. The van der Waals surface area contributed by atoms with Gasteiger partial charge in [-0.2, -0.15) is 0 Å². The zero-order chi connectivity index (χ0) is 24.7. The first-order chi connectivity index (χ1) is 15.9. The SMILES string of the molecule is CCCCOC(=O)C1CC(C(=O)OCCCC)C(C(=O)OCCCC)(C(=O)OCCCC)C1. The van der Waals surface area contributed by atoms with Gasteiger partial charge in [-0.15, -0.1) is 0 Å². The van der Waals surface area contributed by atoms with E-state index in [-0.39, 0.29) is 39.3 Å². The Morgan fingerprint density at radius 2 is 1.03 bits per heavy atom. The fraction of sp³-hybridized carbons (Fsp3) is 0.840. The van der Waals surface area contributed by atoms with E-state index in [1.54, 1.807) is 0 Å². The molecule has 1 rings (SSSR count). The van der Waals surface area contributed by atoms with E-state index in [4.69, 9.17) is 18.9 Å². The fourth-order valence-corrected chi connectivity index (χ4v) is 3.84. The highest BCUT2D eigenvalue weighted by Crippen LogP contribution is 2.50. The van der Waals surface area contributed by atoms with Gasteiger partial charge in [-0.3, -0.25) is 19.2 Å². The Hall–Kier alpha value is -2.12. The molecule has 0 heterocycles. The molecule has 0 aromatic carbocycles. The van der Waals surface area contributed by atoms with Gasteiger partial charge in [-0.05, 0) is 38.5 Å². The first kappa shape index (κ1) is 28.9. The van der Waals surface area contributed by atoms with Crippen molar-refractivity contribution in [3.8, 4) is 0 Å². The predicted octanol–water partition coefficient (Wildman–Crippen LogP) is 4.37. The third kappa shape index (κ3) is 8.31. The molecule has 0 bridgehead atoms. The largest absolute Gasteiger partial charge is 0.465 e. The molecule has 190 valence electrons. The molecule has 0 spiro atoms. The van der Waals surface area contributed by atoms with Gasteiger partial charge in [0.25, 0.3) is 0 Å². The Balaban J connectivity index is 3.24. The van der Waals surface area contributed by atoms with Crippen LogP contribution in [-0.2, 0) is 38.1 Å². The lowest BCUT2D eigenvalue weighted by atomic mass is 9.77. The van der Waals surface area contributed by atoms with Gasteiger partial charge in [0.15, 0.2) is 5.41 Å². The molecular formula is C25H42O8. The van der Waals surface area contributed by atoms with Crippen molar-refractivity contribution in [2.75, 3.05) is 26.4 Å². The highest BCUT2D eigenvalue weighted by molar-refractivity contribution is 6.05. The summed E-state index contributed by atoms with van der Waals surface area (Å²) in [5.41, 5.74) is -1.90. The summed E-state index contributed by atoms with van der Waals surface area (Å²) in [6, 6.07) is 0. The van der Waals surface area contributed by atoms with Crippen molar-refractivity contribution in [2.24, 2.45) is 17.3 Å². The molecule has 0 N–H and O–H groups in total. The first-order valence-electron chi connectivity index (χ1n) is 12.6. The molecule has 33 heavy (non-hydrogen) atoms. The van der Waals surface area contributed by atoms with Crippen LogP contribution in [0.3, 0.4) is 0 Å². The predicted molar refractivity (Wildman–Crippen MR) is 122 cm³/mol. The Morgan fingerprint density at radius 3 is 1.45 bits per heavy atom. The molecule has 1 fully saturated rings. The average Bonchev–Trinajstić information content (AvgIpc) is 3.22. The lowest BCUT2D eigenvalue weighted by Crippen LogP contribution is -2.48. The topological polar surface area (TPSA) is 105 Å². The summed E-state index contributed by atoms with van der Waals surface area (Å²) in [6.45, 7) is 8.55. The number of hydrogen-bond donors (Lipinski definition) is 0. The van der Waals surface area contributed by atoms with E-state index < -0.39 is 41.1 Å². The maximum absolute atomic E-state index is 13.3. The van der Waals surface area contributed by atoms with E-state index in [2.05, 4.69) is 0 Å². The van der Waals surface area contributed by atoms with Crippen molar-refractivity contribution < 1.29 is 38.1 Å². The number of rotatable bonds is 16. The van der Waals surface area contributed by atoms with Crippen molar-refractivity contribution in [1.29, 1.82) is 0 Å². The summed E-state index contributed by atoms with van der Waals surface area (Å²) in [4.78, 5) is 52.4. The van der Waals surface area contributed by atoms with Gasteiger partial charge in [0, 0.05) is 0 Å². The third-order valence-electron chi connectivity index (χ3n) is 5.98. The van der Waals surface area contributed by atoms with Gasteiger partial charge in [0.2, 0.25) is 0 Å². The van der Waals surface area contributed by atoms with Gasteiger partial charge in [-0.1, -0.05) is 53.4 Å². The van der Waals surface area contributed by atoms with Gasteiger partial charge in [0.1, 0.15) is 0 Å². The quantitative estimate of drug-likeness (QED) is 0.142. The molecule has 0 radical (unpaired) electrons. The van der Waals surface area contributed by atoms with Crippen LogP contribution in [0.4, 0.5) is 0 Å². The highest BCUT2D eigenvalue weighted by atomic mass is 16.6. The van der Waals surface area contributed by atoms with Crippen LogP contribution in [0.2, 0.25) is 0 Å². The second kappa shape index (κ2) is 15.7. The van der Waals surface area contributed by atoms with Gasteiger partial charge < -0.3 is 18.9 Å². The van der Waals surface area contributed by atoms with Crippen molar-refractivity contribution >= 4 is 23.9 Å². The van der Waals surface area contributed by atoms with Crippen LogP contribution in [0, 0.1) is 17.3 Å². The van der Waals surface area contributed by atoms with Crippen molar-refractivity contribution in [1.82, 2.24) is 0 Å². The molecule has 1 saturated carbocycles. The van der Waals surface area contributed by atoms with Crippen LogP contribution in [0.15, 0.2) is 0 Å². The summed E-state index contributed by atoms with van der Waals surface area (Å²) in [5.74, 6) is -4.77. The van der Waals surface area contributed by atoms with Gasteiger partial charge in [-0.25, -0.2) is 0 Å². The maximum Gasteiger partial charge on any atom is 0.324 e. The Kier molecular flexibility index (Phi) is 13.7. The smallest absolute Gasteiger partial charge is 0.324 e. The minimum Gasteiger partial charge on any atom is -0.465 e. The van der Waals surface area contributed by atoms with Gasteiger partial charge >= 0.3 is 23.9 Å². The van der Waals surface area contributed by atoms with E-state index in [1.165, 1.54) is 0 Å². The monoisotopic (exact) mass is 470 g/mol. The second-order valence-electron chi connectivity index (χ2n) is 8.68. The summed E-state index contributed by atoms with van der Waals surface area (Å²) in [6.07, 6.45) is 5.73. The van der Waals surface area contributed by atoms with Gasteiger partial charge in [0.05, 0.1) is 38.3 Å². The first-order valence-corrected chi connectivity index (χ1v) is 12.6. The average molecular weight is 471 g/mol. The standard InChI is InChI=1S/C25H42O8/c1-5-9-13-30-21(26)19-17-20(22(27)31-14-10-6-2)25(18-19,23(28)32-15-11-7-3)24(29)33-16-12-8-4/h19-20H,5-18H2,1-4H3. The molecular weight excluding hydrogens is 428 g/mol. The normalized spacial score (nSPS) is 19.0. The maximum atomic E-state index is 13.3. The van der Waals surface area contributed by atoms with E-state index in [0.717, 1.165) is 25.7 Å². The van der Waals surface area contributed by atoms with E-state index in [1.807, 2.05) is 27.7 Å². The highest BCUT2D eigenvalue weighted by Gasteiger charge is 2.65. The van der Waals surface area contributed by atoms with Crippen LogP contribution in [0.1, 0.15) is 91.9 Å². The zero-order valence-corrected chi connectivity index (χ0v) is 20.8. The number of ether oxygens (including phenoxy) is 4. The molecule has 0 aliphatic heterocycles. The molecule has 8 heteroatoms. The summed E-state index contributed by atoms with van der Waals surface area (Å²) >= 11 is 0. The third-order valence-corrected chi connectivity index (χ3v) is 5.98. The fourth-order valence-electron chi connectivity index (χ4n) is 3.84. The number of unbranched alkanes of at least 4 members (excludes halogenated alkanes) is 4. The minimum absolute atomic E-state index is 0.0122. The van der Waals surface area contributed by atoms with Crippen molar-refractivity contribution in [3.63, 3.8) is 0 Å². The van der Waals surface area contributed by atoms with Crippen molar-refractivity contribution in [2.45, 2.75) is 91.9 Å². The molecule has 0 amide bonds. The molecule has 8 nitrogen and oxygen atoms in total. The number of hydrogen-bond acceptors (Lipinski definition) is 8. The van der Waals surface area contributed by atoms with E-state index >= 15 is 0 Å². The lowest BCUT2D eigenvalue weighted by molar-refractivity contribution is -0.182. The summed E-state index contributed by atoms with van der Waals surface area (Å²) < 4.78 is 21.6. The molecule has 0 aromatic heterocycles. The van der Waals surface area contributed by atoms with Crippen LogP contribution in [0.5, 0.6) is 0 Å². The second-order valence-corrected chi connectivity index (χ2v) is 8.68.